The number of benzene rings is 1. The molecule has 25 heavy (non-hydrogen) atoms. The van der Waals surface area contributed by atoms with Crippen molar-refractivity contribution < 1.29 is 4.79 Å². The monoisotopic (exact) mass is 363 g/mol. The molecule has 3 aliphatic rings. The standard InChI is InChI=1S/C20H29N3O.ClH/c1-22(19(24)18-13-20(18)8-10-21-11-9-20)17-7-12-23(15-17)14-16-5-3-2-4-6-16;/h2-6,17-18,21H,7-15H2,1H3;1H. The zero-order valence-corrected chi connectivity index (χ0v) is 15.9. The van der Waals surface area contributed by atoms with E-state index in [1.165, 1.54) is 18.4 Å². The Morgan fingerprint density at radius 3 is 2.72 bits per heavy atom. The van der Waals surface area contributed by atoms with E-state index in [2.05, 4.69) is 45.4 Å². The molecule has 2 heterocycles. The average Bonchev–Trinajstić information content (AvgIpc) is 3.09. The molecule has 1 saturated carbocycles. The van der Waals surface area contributed by atoms with Crippen LogP contribution in [0.2, 0.25) is 0 Å². The average molecular weight is 364 g/mol. The van der Waals surface area contributed by atoms with Crippen molar-refractivity contribution in [1.29, 1.82) is 0 Å². The van der Waals surface area contributed by atoms with E-state index in [0.717, 1.165) is 45.6 Å². The normalized spacial score (nSPS) is 27.7. The fourth-order valence-electron chi connectivity index (χ4n) is 4.71. The lowest BCUT2D eigenvalue weighted by Crippen LogP contribution is -2.41. The molecule has 0 aromatic heterocycles. The highest BCUT2D eigenvalue weighted by atomic mass is 35.5. The van der Waals surface area contributed by atoms with E-state index >= 15 is 0 Å². The lowest BCUT2D eigenvalue weighted by molar-refractivity contribution is -0.134. The first-order chi connectivity index (χ1) is 11.7. The Bertz CT molecular complexity index is 588. The van der Waals surface area contributed by atoms with Gasteiger partial charge >= 0.3 is 0 Å². The van der Waals surface area contributed by atoms with E-state index in [1.54, 1.807) is 0 Å². The van der Waals surface area contributed by atoms with Crippen LogP contribution in [-0.4, -0.2) is 55.0 Å². The molecule has 3 fully saturated rings. The maximum atomic E-state index is 12.9. The van der Waals surface area contributed by atoms with E-state index in [0.29, 0.717) is 23.3 Å². The number of nitrogens with one attached hydrogen (secondary N) is 1. The molecule has 2 atom stereocenters. The smallest absolute Gasteiger partial charge is 0.226 e. The number of likely N-dealkylation sites (tertiary alicyclic amines) is 1. The number of hydrogen-bond donors (Lipinski definition) is 1. The summed E-state index contributed by atoms with van der Waals surface area (Å²) in [5.74, 6) is 0.705. The molecule has 0 radical (unpaired) electrons. The third-order valence-electron chi connectivity index (χ3n) is 6.48. The maximum absolute atomic E-state index is 12.9. The van der Waals surface area contributed by atoms with E-state index in [4.69, 9.17) is 0 Å². The van der Waals surface area contributed by atoms with Crippen LogP contribution in [0.3, 0.4) is 0 Å². The predicted molar refractivity (Wildman–Crippen MR) is 103 cm³/mol. The van der Waals surface area contributed by atoms with Crippen LogP contribution in [0, 0.1) is 11.3 Å². The number of carbonyl (C=O) groups is 1. The molecule has 2 unspecified atom stereocenters. The molecule has 2 aliphatic heterocycles. The third-order valence-corrected chi connectivity index (χ3v) is 6.48. The molecule has 5 heteroatoms. The first-order valence-electron chi connectivity index (χ1n) is 9.42. The first-order valence-corrected chi connectivity index (χ1v) is 9.42. The van der Waals surface area contributed by atoms with E-state index in [9.17, 15) is 4.79 Å². The fourth-order valence-corrected chi connectivity index (χ4v) is 4.71. The highest BCUT2D eigenvalue weighted by Gasteiger charge is 2.58. The Labute approximate surface area is 157 Å². The number of likely N-dealkylation sites (N-methyl/N-ethyl adjacent to an activating group) is 1. The van der Waals surface area contributed by atoms with Crippen LogP contribution in [0.25, 0.3) is 0 Å². The molecule has 1 aromatic rings. The molecule has 138 valence electrons. The number of carbonyl (C=O) groups excluding carboxylic acids is 1. The van der Waals surface area contributed by atoms with Gasteiger partial charge in [-0.25, -0.2) is 0 Å². The summed E-state index contributed by atoms with van der Waals surface area (Å²) in [4.78, 5) is 17.5. The lowest BCUT2D eigenvalue weighted by atomic mass is 9.91. The number of rotatable bonds is 4. The van der Waals surface area contributed by atoms with Gasteiger partial charge in [-0.3, -0.25) is 9.69 Å². The molecule has 1 spiro atoms. The molecule has 0 bridgehead atoms. The molecule has 4 nitrogen and oxygen atoms in total. The topological polar surface area (TPSA) is 35.6 Å². The van der Waals surface area contributed by atoms with E-state index < -0.39 is 0 Å². The Hall–Kier alpha value is -1.10. The molecule has 1 aromatic carbocycles. The van der Waals surface area contributed by atoms with Gasteiger partial charge in [0.1, 0.15) is 0 Å². The first kappa shape index (κ1) is 18.7. The van der Waals surface area contributed by atoms with Gasteiger partial charge in [0.05, 0.1) is 0 Å². The second-order valence-corrected chi connectivity index (χ2v) is 7.98. The van der Waals surface area contributed by atoms with Crippen molar-refractivity contribution in [3.63, 3.8) is 0 Å². The van der Waals surface area contributed by atoms with Gasteiger partial charge in [-0.2, -0.15) is 0 Å². The number of piperidine rings is 1. The Kier molecular flexibility index (Phi) is 5.71. The molecule has 1 aliphatic carbocycles. The van der Waals surface area contributed by atoms with Gasteiger partial charge in [-0.15, -0.1) is 12.4 Å². The van der Waals surface area contributed by atoms with Gasteiger partial charge in [-0.05, 0) is 49.8 Å². The van der Waals surface area contributed by atoms with Gasteiger partial charge in [0.25, 0.3) is 0 Å². The van der Waals surface area contributed by atoms with Gasteiger partial charge in [0, 0.05) is 38.6 Å². The largest absolute Gasteiger partial charge is 0.341 e. The quantitative estimate of drug-likeness (QED) is 0.892. The third kappa shape index (κ3) is 3.86. The van der Waals surface area contributed by atoms with Crippen molar-refractivity contribution in [2.75, 3.05) is 33.2 Å². The Morgan fingerprint density at radius 2 is 2.00 bits per heavy atom. The predicted octanol–water partition coefficient (Wildman–Crippen LogP) is 2.53. The molecule has 1 N–H and O–H groups in total. The molecular formula is C20H30ClN3O. The van der Waals surface area contributed by atoms with Gasteiger partial charge < -0.3 is 10.2 Å². The highest BCUT2D eigenvalue weighted by Crippen LogP contribution is 2.59. The summed E-state index contributed by atoms with van der Waals surface area (Å²) in [6.45, 7) is 5.28. The molecule has 2 saturated heterocycles. The minimum Gasteiger partial charge on any atom is -0.341 e. The summed E-state index contributed by atoms with van der Waals surface area (Å²) in [7, 11) is 2.03. The van der Waals surface area contributed by atoms with Crippen LogP contribution in [-0.2, 0) is 11.3 Å². The Morgan fingerprint density at radius 1 is 1.28 bits per heavy atom. The van der Waals surface area contributed by atoms with Crippen molar-refractivity contribution in [2.45, 2.75) is 38.3 Å². The van der Waals surface area contributed by atoms with Crippen LogP contribution in [0.4, 0.5) is 0 Å². The minimum absolute atomic E-state index is 0. The molecule has 4 rings (SSSR count). The van der Waals surface area contributed by atoms with Crippen LogP contribution in [0.1, 0.15) is 31.2 Å². The summed E-state index contributed by atoms with van der Waals surface area (Å²) in [5.41, 5.74) is 1.71. The van der Waals surface area contributed by atoms with Crippen LogP contribution < -0.4 is 5.32 Å². The summed E-state index contributed by atoms with van der Waals surface area (Å²) < 4.78 is 0. The second-order valence-electron chi connectivity index (χ2n) is 7.98. The van der Waals surface area contributed by atoms with Gasteiger partial charge in [0.15, 0.2) is 0 Å². The fraction of sp³-hybridized carbons (Fsp3) is 0.650. The number of nitrogens with zero attached hydrogens (tertiary/aromatic N) is 2. The maximum Gasteiger partial charge on any atom is 0.226 e. The highest BCUT2D eigenvalue weighted by molar-refractivity contribution is 5.85. The van der Waals surface area contributed by atoms with Crippen LogP contribution in [0.5, 0.6) is 0 Å². The SMILES string of the molecule is CN(C(=O)C1CC12CCNCC2)C1CCN(Cc2ccccc2)C1.Cl. The zero-order valence-electron chi connectivity index (χ0n) is 15.1. The van der Waals surface area contributed by atoms with E-state index in [1.807, 2.05) is 7.05 Å². The van der Waals surface area contributed by atoms with Crippen molar-refractivity contribution in [3.05, 3.63) is 35.9 Å². The summed E-state index contributed by atoms with van der Waals surface area (Å²) in [5, 5.41) is 3.42. The lowest BCUT2D eigenvalue weighted by Gasteiger charge is -2.28. The van der Waals surface area contributed by atoms with Crippen molar-refractivity contribution >= 4 is 18.3 Å². The van der Waals surface area contributed by atoms with Crippen LogP contribution in [0.15, 0.2) is 30.3 Å². The van der Waals surface area contributed by atoms with Gasteiger partial charge in [-0.1, -0.05) is 30.3 Å². The zero-order chi connectivity index (χ0) is 16.6. The van der Waals surface area contributed by atoms with Crippen molar-refractivity contribution in [2.24, 2.45) is 11.3 Å². The molecule has 1 amide bonds. The molecular weight excluding hydrogens is 334 g/mol. The number of hydrogen-bond acceptors (Lipinski definition) is 3. The Balaban J connectivity index is 0.00000182. The summed E-state index contributed by atoms with van der Waals surface area (Å²) in [6.07, 6.45) is 4.60. The van der Waals surface area contributed by atoms with Crippen molar-refractivity contribution in [3.8, 4) is 0 Å². The number of halogens is 1. The van der Waals surface area contributed by atoms with Crippen molar-refractivity contribution in [1.82, 2.24) is 15.1 Å². The summed E-state index contributed by atoms with van der Waals surface area (Å²) in [6, 6.07) is 11.0. The van der Waals surface area contributed by atoms with E-state index in [-0.39, 0.29) is 12.4 Å². The number of amides is 1. The van der Waals surface area contributed by atoms with Gasteiger partial charge in [0.2, 0.25) is 5.91 Å². The minimum atomic E-state index is 0. The summed E-state index contributed by atoms with van der Waals surface area (Å²) >= 11 is 0. The van der Waals surface area contributed by atoms with Crippen LogP contribution >= 0.6 is 12.4 Å². The second kappa shape index (κ2) is 7.65.